The van der Waals surface area contributed by atoms with Crippen molar-refractivity contribution >= 4 is 11.5 Å². The van der Waals surface area contributed by atoms with E-state index < -0.39 is 0 Å². The van der Waals surface area contributed by atoms with Crippen molar-refractivity contribution < 1.29 is 0 Å². The summed E-state index contributed by atoms with van der Waals surface area (Å²) in [6, 6.07) is 8.35. The van der Waals surface area contributed by atoms with Gasteiger partial charge in [-0.05, 0) is 24.5 Å². The van der Waals surface area contributed by atoms with E-state index in [0.717, 1.165) is 30.9 Å². The van der Waals surface area contributed by atoms with Crippen molar-refractivity contribution in [2.75, 3.05) is 6.54 Å². The fourth-order valence-corrected chi connectivity index (χ4v) is 2.00. The van der Waals surface area contributed by atoms with Crippen LogP contribution in [0.3, 0.4) is 0 Å². The third-order valence-electron chi connectivity index (χ3n) is 3.02. The molecule has 3 heteroatoms. The Morgan fingerprint density at radius 3 is 2.94 bits per heavy atom. The third-order valence-corrected chi connectivity index (χ3v) is 3.02. The van der Waals surface area contributed by atoms with Gasteiger partial charge in [-0.15, -0.1) is 0 Å². The van der Waals surface area contributed by atoms with Crippen molar-refractivity contribution in [1.82, 2.24) is 10.9 Å². The van der Waals surface area contributed by atoms with E-state index in [1.54, 1.807) is 0 Å². The molecule has 3 nitrogen and oxygen atoms in total. The van der Waals surface area contributed by atoms with Crippen LogP contribution in [-0.4, -0.2) is 12.4 Å². The maximum absolute atomic E-state index is 4.61. The van der Waals surface area contributed by atoms with Gasteiger partial charge in [0.05, 0.1) is 5.69 Å². The van der Waals surface area contributed by atoms with Crippen LogP contribution in [0.5, 0.6) is 0 Å². The monoisotopic (exact) mass is 231 g/mol. The number of hydrogen-bond acceptors (Lipinski definition) is 3. The quantitative estimate of drug-likeness (QED) is 0.604. The van der Waals surface area contributed by atoms with Gasteiger partial charge in [-0.2, -0.15) is 0 Å². The molecule has 0 amide bonds. The topological polar surface area (TPSA) is 36.4 Å². The number of amidine groups is 1. The SMILES string of the molecule is CCCCCNNC1=Nc2ccccc2CC1. The normalized spacial score (nSPS) is 14.1. The first-order valence-electron chi connectivity index (χ1n) is 6.54. The number of para-hydroxylation sites is 1. The van der Waals surface area contributed by atoms with Crippen LogP contribution in [0, 0.1) is 0 Å². The van der Waals surface area contributed by atoms with Crippen molar-refractivity contribution in [1.29, 1.82) is 0 Å². The minimum absolute atomic E-state index is 0.998. The molecule has 0 radical (unpaired) electrons. The number of hydrazine groups is 1. The standard InChI is InChI=1S/C14H21N3/c1-2-3-6-11-15-17-14-10-9-12-7-4-5-8-13(12)16-14/h4-5,7-8,15H,2-3,6,9-11H2,1H3,(H,16,17). The van der Waals surface area contributed by atoms with Gasteiger partial charge in [-0.3, -0.25) is 0 Å². The van der Waals surface area contributed by atoms with E-state index in [9.17, 15) is 0 Å². The van der Waals surface area contributed by atoms with Crippen LogP contribution in [0.4, 0.5) is 5.69 Å². The Kier molecular flexibility index (Phi) is 4.56. The Hall–Kier alpha value is -1.35. The summed E-state index contributed by atoms with van der Waals surface area (Å²) in [6.07, 6.45) is 5.84. The number of nitrogens with one attached hydrogen (secondary N) is 2. The molecule has 1 aromatic carbocycles. The molecule has 0 bridgehead atoms. The average molecular weight is 231 g/mol. The zero-order valence-electron chi connectivity index (χ0n) is 10.5. The molecule has 2 N–H and O–H groups in total. The fraction of sp³-hybridized carbons (Fsp3) is 0.500. The van der Waals surface area contributed by atoms with Crippen molar-refractivity contribution in [3.8, 4) is 0 Å². The highest BCUT2D eigenvalue weighted by Crippen LogP contribution is 2.24. The molecular weight excluding hydrogens is 210 g/mol. The molecule has 0 aromatic heterocycles. The van der Waals surface area contributed by atoms with Crippen LogP contribution in [0.15, 0.2) is 29.3 Å². The number of fused-ring (bicyclic) bond motifs is 1. The summed E-state index contributed by atoms with van der Waals surface area (Å²) in [6.45, 7) is 3.23. The van der Waals surface area contributed by atoms with Crippen LogP contribution in [-0.2, 0) is 6.42 Å². The third kappa shape index (κ3) is 3.56. The molecule has 1 aliphatic heterocycles. The van der Waals surface area contributed by atoms with Crippen molar-refractivity contribution in [3.05, 3.63) is 29.8 Å². The van der Waals surface area contributed by atoms with E-state index in [1.165, 1.54) is 24.8 Å². The predicted octanol–water partition coefficient (Wildman–Crippen LogP) is 2.95. The Morgan fingerprint density at radius 2 is 2.06 bits per heavy atom. The first-order chi connectivity index (χ1) is 8.40. The smallest absolute Gasteiger partial charge is 0.117 e. The number of aryl methyl sites for hydroxylation is 1. The number of nitrogens with zero attached hydrogens (tertiary/aromatic N) is 1. The first-order valence-corrected chi connectivity index (χ1v) is 6.54. The van der Waals surface area contributed by atoms with Gasteiger partial charge in [-0.25, -0.2) is 10.4 Å². The Balaban J connectivity index is 1.81. The molecule has 0 atom stereocenters. The maximum atomic E-state index is 4.61. The van der Waals surface area contributed by atoms with Gasteiger partial charge in [0.2, 0.25) is 0 Å². The summed E-state index contributed by atoms with van der Waals surface area (Å²) in [7, 11) is 0. The molecular formula is C14H21N3. The molecule has 0 saturated heterocycles. The number of unbranched alkanes of at least 4 members (excludes halogenated alkanes) is 2. The van der Waals surface area contributed by atoms with Gasteiger partial charge in [0.15, 0.2) is 0 Å². The lowest BCUT2D eigenvalue weighted by Crippen LogP contribution is -2.38. The summed E-state index contributed by atoms with van der Waals surface area (Å²) in [5, 5.41) is 0. The highest BCUT2D eigenvalue weighted by molar-refractivity contribution is 5.86. The second-order valence-corrected chi connectivity index (χ2v) is 4.45. The van der Waals surface area contributed by atoms with Gasteiger partial charge < -0.3 is 5.43 Å². The summed E-state index contributed by atoms with van der Waals surface area (Å²) in [4.78, 5) is 4.61. The molecule has 17 heavy (non-hydrogen) atoms. The van der Waals surface area contributed by atoms with E-state index >= 15 is 0 Å². The summed E-state index contributed by atoms with van der Waals surface area (Å²) in [5.41, 5.74) is 8.92. The molecule has 1 aliphatic rings. The lowest BCUT2D eigenvalue weighted by atomic mass is 10.0. The number of benzene rings is 1. The van der Waals surface area contributed by atoms with E-state index in [0.29, 0.717) is 0 Å². The zero-order chi connectivity index (χ0) is 11.9. The lowest BCUT2D eigenvalue weighted by Gasteiger charge is -2.17. The summed E-state index contributed by atoms with van der Waals surface area (Å²) < 4.78 is 0. The van der Waals surface area contributed by atoms with Crippen LogP contribution in [0.1, 0.15) is 38.2 Å². The highest BCUT2D eigenvalue weighted by atomic mass is 15.4. The van der Waals surface area contributed by atoms with Crippen molar-refractivity contribution in [2.45, 2.75) is 39.0 Å². The minimum atomic E-state index is 0.998. The van der Waals surface area contributed by atoms with Gasteiger partial charge in [0, 0.05) is 13.0 Å². The molecule has 0 saturated carbocycles. The predicted molar refractivity (Wildman–Crippen MR) is 72.5 cm³/mol. The Morgan fingerprint density at radius 1 is 1.18 bits per heavy atom. The van der Waals surface area contributed by atoms with Crippen molar-refractivity contribution in [3.63, 3.8) is 0 Å². The van der Waals surface area contributed by atoms with E-state index in [-0.39, 0.29) is 0 Å². The second kappa shape index (κ2) is 6.40. The number of hydrogen-bond donors (Lipinski definition) is 2. The molecule has 0 fully saturated rings. The molecule has 2 rings (SSSR count). The molecule has 1 heterocycles. The molecule has 1 aromatic rings. The first kappa shape index (κ1) is 12.1. The Bertz CT molecular complexity index is 385. The van der Waals surface area contributed by atoms with Crippen LogP contribution in [0.2, 0.25) is 0 Å². The van der Waals surface area contributed by atoms with Gasteiger partial charge in [0.25, 0.3) is 0 Å². The lowest BCUT2D eigenvalue weighted by molar-refractivity contribution is 0.587. The zero-order valence-corrected chi connectivity index (χ0v) is 10.5. The van der Waals surface area contributed by atoms with Gasteiger partial charge in [0.1, 0.15) is 5.84 Å². The summed E-state index contributed by atoms with van der Waals surface area (Å²) in [5.74, 6) is 1.06. The molecule has 0 unspecified atom stereocenters. The average Bonchev–Trinajstić information content (AvgIpc) is 2.38. The highest BCUT2D eigenvalue weighted by Gasteiger charge is 2.10. The summed E-state index contributed by atoms with van der Waals surface area (Å²) >= 11 is 0. The molecule has 92 valence electrons. The molecule has 0 spiro atoms. The molecule has 0 aliphatic carbocycles. The number of rotatable bonds is 5. The second-order valence-electron chi connectivity index (χ2n) is 4.45. The largest absolute Gasteiger partial charge is 0.309 e. The minimum Gasteiger partial charge on any atom is -0.309 e. The fourth-order valence-electron chi connectivity index (χ4n) is 2.00. The van der Waals surface area contributed by atoms with Crippen LogP contribution >= 0.6 is 0 Å². The van der Waals surface area contributed by atoms with Gasteiger partial charge in [-0.1, -0.05) is 38.0 Å². The van der Waals surface area contributed by atoms with E-state index in [2.05, 4.69) is 41.0 Å². The van der Waals surface area contributed by atoms with Crippen molar-refractivity contribution in [2.24, 2.45) is 4.99 Å². The Labute approximate surface area is 103 Å². The number of aliphatic imine (C=N–C) groups is 1. The van der Waals surface area contributed by atoms with E-state index in [4.69, 9.17) is 0 Å². The van der Waals surface area contributed by atoms with Gasteiger partial charge >= 0.3 is 0 Å². The van der Waals surface area contributed by atoms with Crippen LogP contribution < -0.4 is 10.9 Å². The maximum Gasteiger partial charge on any atom is 0.117 e. The van der Waals surface area contributed by atoms with Crippen LogP contribution in [0.25, 0.3) is 0 Å². The van der Waals surface area contributed by atoms with E-state index in [1.807, 2.05) is 6.07 Å².